The fourth-order valence-corrected chi connectivity index (χ4v) is 1.65. The van der Waals surface area contributed by atoms with Gasteiger partial charge in [-0.2, -0.15) is 0 Å². The van der Waals surface area contributed by atoms with Crippen molar-refractivity contribution in [2.45, 2.75) is 6.92 Å². The number of amides is 3. The number of halogens is 1. The van der Waals surface area contributed by atoms with E-state index in [2.05, 4.69) is 31.9 Å². The number of carbonyl (C=O) groups excluding carboxylic acids is 3. The van der Waals surface area contributed by atoms with Crippen LogP contribution in [0, 0.1) is 0 Å². The van der Waals surface area contributed by atoms with Crippen LogP contribution < -0.4 is 16.0 Å². The molecule has 7 heteroatoms. The maximum absolute atomic E-state index is 11.5. The van der Waals surface area contributed by atoms with Gasteiger partial charge in [0.2, 0.25) is 5.91 Å². The first-order valence-corrected chi connectivity index (χ1v) is 6.37. The van der Waals surface area contributed by atoms with E-state index in [4.69, 9.17) is 0 Å². The summed E-state index contributed by atoms with van der Waals surface area (Å²) in [6, 6.07) is 6.91. The van der Waals surface area contributed by atoms with Crippen LogP contribution in [0.4, 0.5) is 5.69 Å². The van der Waals surface area contributed by atoms with Gasteiger partial charge in [-0.15, -0.1) is 0 Å². The molecule has 1 aromatic carbocycles. The van der Waals surface area contributed by atoms with Crippen molar-refractivity contribution in [1.82, 2.24) is 10.6 Å². The zero-order valence-electron chi connectivity index (χ0n) is 10.3. The van der Waals surface area contributed by atoms with Gasteiger partial charge in [0.15, 0.2) is 0 Å². The van der Waals surface area contributed by atoms with Crippen molar-refractivity contribution >= 4 is 39.3 Å². The van der Waals surface area contributed by atoms with Crippen molar-refractivity contribution < 1.29 is 14.4 Å². The van der Waals surface area contributed by atoms with Crippen LogP contribution in [0.25, 0.3) is 0 Å². The predicted octanol–water partition coefficient (Wildman–Crippen LogP) is 0.640. The summed E-state index contributed by atoms with van der Waals surface area (Å²) < 4.78 is 0.802. The van der Waals surface area contributed by atoms with E-state index in [0.29, 0.717) is 5.69 Å². The van der Waals surface area contributed by atoms with E-state index in [9.17, 15) is 14.4 Å². The average Bonchev–Trinajstić information content (AvgIpc) is 2.34. The molecule has 0 radical (unpaired) electrons. The highest BCUT2D eigenvalue weighted by Crippen LogP contribution is 2.15. The minimum atomic E-state index is -0.749. The standard InChI is InChI=1S/C12H14BrN3O3/c1-8(17)14-5-6-15-11(18)12(19)16-10-4-2-3-9(13)7-10/h2-4,7H,5-6H2,1H3,(H,14,17)(H,15,18)(H,16,19). The molecule has 3 N–H and O–H groups in total. The van der Waals surface area contributed by atoms with Gasteiger partial charge < -0.3 is 16.0 Å². The molecule has 6 nitrogen and oxygen atoms in total. The molecule has 19 heavy (non-hydrogen) atoms. The molecule has 3 amide bonds. The lowest BCUT2D eigenvalue weighted by molar-refractivity contribution is -0.136. The number of hydrogen-bond acceptors (Lipinski definition) is 3. The van der Waals surface area contributed by atoms with E-state index in [1.54, 1.807) is 18.2 Å². The van der Waals surface area contributed by atoms with Crippen molar-refractivity contribution in [3.63, 3.8) is 0 Å². The summed E-state index contributed by atoms with van der Waals surface area (Å²) >= 11 is 3.26. The summed E-state index contributed by atoms with van der Waals surface area (Å²) in [4.78, 5) is 33.5. The summed E-state index contributed by atoms with van der Waals surface area (Å²) in [5, 5.41) is 7.36. The third-order valence-electron chi connectivity index (χ3n) is 2.07. The molecule has 0 unspecified atom stereocenters. The Morgan fingerprint density at radius 1 is 1.11 bits per heavy atom. The van der Waals surface area contributed by atoms with Crippen LogP contribution in [0.1, 0.15) is 6.92 Å². The average molecular weight is 328 g/mol. The molecule has 1 rings (SSSR count). The quantitative estimate of drug-likeness (QED) is 0.560. The Bertz CT molecular complexity index is 491. The van der Waals surface area contributed by atoms with Crippen LogP contribution >= 0.6 is 15.9 Å². The lowest BCUT2D eigenvalue weighted by atomic mass is 10.3. The van der Waals surface area contributed by atoms with Crippen molar-refractivity contribution in [2.24, 2.45) is 0 Å². The molecule has 0 aliphatic carbocycles. The molecular weight excluding hydrogens is 314 g/mol. The Morgan fingerprint density at radius 2 is 1.79 bits per heavy atom. The molecule has 0 saturated heterocycles. The summed E-state index contributed by atoms with van der Waals surface area (Å²) in [5.74, 6) is -1.68. The fourth-order valence-electron chi connectivity index (χ4n) is 1.25. The summed E-state index contributed by atoms with van der Waals surface area (Å²) in [5.41, 5.74) is 0.524. The van der Waals surface area contributed by atoms with Gasteiger partial charge in [0.05, 0.1) is 0 Å². The Morgan fingerprint density at radius 3 is 2.42 bits per heavy atom. The second kappa shape index (κ2) is 7.52. The monoisotopic (exact) mass is 327 g/mol. The Labute approximate surface area is 119 Å². The Balaban J connectivity index is 2.36. The highest BCUT2D eigenvalue weighted by Gasteiger charge is 2.12. The van der Waals surface area contributed by atoms with Gasteiger partial charge in [0, 0.05) is 30.2 Å². The first kappa shape index (κ1) is 15.2. The highest BCUT2D eigenvalue weighted by atomic mass is 79.9. The van der Waals surface area contributed by atoms with E-state index in [1.165, 1.54) is 6.92 Å². The first-order valence-electron chi connectivity index (χ1n) is 5.58. The summed E-state index contributed by atoms with van der Waals surface area (Å²) in [6.45, 7) is 1.86. The summed E-state index contributed by atoms with van der Waals surface area (Å²) in [6.07, 6.45) is 0. The van der Waals surface area contributed by atoms with Gasteiger partial charge in [-0.05, 0) is 18.2 Å². The van der Waals surface area contributed by atoms with Gasteiger partial charge >= 0.3 is 11.8 Å². The van der Waals surface area contributed by atoms with Gasteiger partial charge in [0.1, 0.15) is 0 Å². The fraction of sp³-hybridized carbons (Fsp3) is 0.250. The van der Waals surface area contributed by atoms with Crippen molar-refractivity contribution in [3.8, 4) is 0 Å². The van der Waals surface area contributed by atoms with Crippen LogP contribution in [0.5, 0.6) is 0 Å². The Kier molecular flexibility index (Phi) is 6.01. The maximum Gasteiger partial charge on any atom is 0.313 e. The molecule has 0 atom stereocenters. The van der Waals surface area contributed by atoms with Gasteiger partial charge in [-0.1, -0.05) is 22.0 Å². The molecule has 0 aliphatic rings. The molecule has 0 aliphatic heterocycles. The second-order valence-corrected chi connectivity index (χ2v) is 4.62. The van der Waals surface area contributed by atoms with Crippen molar-refractivity contribution in [1.29, 1.82) is 0 Å². The van der Waals surface area contributed by atoms with E-state index in [1.807, 2.05) is 6.07 Å². The molecule has 1 aromatic rings. The van der Waals surface area contributed by atoms with Crippen LogP contribution in [0.2, 0.25) is 0 Å². The number of anilines is 1. The van der Waals surface area contributed by atoms with Crippen LogP contribution in [-0.2, 0) is 14.4 Å². The number of nitrogens with one attached hydrogen (secondary N) is 3. The maximum atomic E-state index is 11.5. The zero-order valence-corrected chi connectivity index (χ0v) is 11.9. The molecule has 0 spiro atoms. The topological polar surface area (TPSA) is 87.3 Å². The third-order valence-corrected chi connectivity index (χ3v) is 2.57. The van der Waals surface area contributed by atoms with E-state index in [0.717, 1.165) is 4.47 Å². The molecule has 0 fully saturated rings. The minimum Gasteiger partial charge on any atom is -0.355 e. The van der Waals surface area contributed by atoms with Crippen LogP contribution in [0.15, 0.2) is 28.7 Å². The predicted molar refractivity (Wildman–Crippen MR) is 74.5 cm³/mol. The molecule has 0 bridgehead atoms. The molecule has 0 aromatic heterocycles. The normalized spacial score (nSPS) is 9.58. The smallest absolute Gasteiger partial charge is 0.313 e. The molecule has 102 valence electrons. The Hall–Kier alpha value is -1.89. The van der Waals surface area contributed by atoms with Crippen molar-refractivity contribution in [3.05, 3.63) is 28.7 Å². The zero-order chi connectivity index (χ0) is 14.3. The van der Waals surface area contributed by atoms with E-state index in [-0.39, 0.29) is 19.0 Å². The minimum absolute atomic E-state index is 0.187. The van der Waals surface area contributed by atoms with Crippen LogP contribution in [-0.4, -0.2) is 30.8 Å². The lowest BCUT2D eigenvalue weighted by Crippen LogP contribution is -2.39. The molecule has 0 heterocycles. The van der Waals surface area contributed by atoms with Gasteiger partial charge in [0.25, 0.3) is 0 Å². The van der Waals surface area contributed by atoms with E-state index >= 15 is 0 Å². The molecular formula is C12H14BrN3O3. The molecule has 0 saturated carbocycles. The van der Waals surface area contributed by atoms with Gasteiger partial charge in [-0.3, -0.25) is 14.4 Å². The SMILES string of the molecule is CC(=O)NCCNC(=O)C(=O)Nc1cccc(Br)c1. The van der Waals surface area contributed by atoms with E-state index < -0.39 is 11.8 Å². The lowest BCUT2D eigenvalue weighted by Gasteiger charge is -2.07. The largest absolute Gasteiger partial charge is 0.355 e. The number of rotatable bonds is 4. The number of carbonyl (C=O) groups is 3. The second-order valence-electron chi connectivity index (χ2n) is 3.70. The van der Waals surface area contributed by atoms with Crippen molar-refractivity contribution in [2.75, 3.05) is 18.4 Å². The third kappa shape index (κ3) is 6.01. The number of benzene rings is 1. The first-order chi connectivity index (χ1) is 8.99. The van der Waals surface area contributed by atoms with Crippen LogP contribution in [0.3, 0.4) is 0 Å². The summed E-state index contributed by atoms with van der Waals surface area (Å²) in [7, 11) is 0. The highest BCUT2D eigenvalue weighted by molar-refractivity contribution is 9.10. The number of hydrogen-bond donors (Lipinski definition) is 3. The van der Waals surface area contributed by atoms with Gasteiger partial charge in [-0.25, -0.2) is 0 Å².